The molecule has 0 unspecified atom stereocenters. The van der Waals surface area contributed by atoms with Crippen molar-refractivity contribution in [2.45, 2.75) is 0 Å². The molecule has 8 aromatic carbocycles. The van der Waals surface area contributed by atoms with Crippen molar-refractivity contribution in [3.63, 3.8) is 0 Å². The van der Waals surface area contributed by atoms with Crippen LogP contribution in [0.4, 0.5) is 0 Å². The van der Waals surface area contributed by atoms with Crippen LogP contribution in [0.5, 0.6) is 0 Å². The molecule has 0 amide bonds. The number of carbonyl (C=O) groups excluding carboxylic acids is 5. The van der Waals surface area contributed by atoms with Gasteiger partial charge in [-0.05, 0) is 97.1 Å². The summed E-state index contributed by atoms with van der Waals surface area (Å²) < 4.78 is 0. The van der Waals surface area contributed by atoms with Crippen LogP contribution in [0.15, 0.2) is 243 Å². The summed E-state index contributed by atoms with van der Waals surface area (Å²) in [6.07, 6.45) is 0. The Bertz CT molecular complexity index is 2510. The fraction of sp³-hybridized carbons (Fsp3) is 0.145. The third-order valence-corrected chi connectivity index (χ3v) is 21.0. The zero-order chi connectivity index (χ0) is 54.9. The first-order chi connectivity index (χ1) is 37.3. The summed E-state index contributed by atoms with van der Waals surface area (Å²) in [6, 6.07) is 87.7. The molecular formula is C62H58FeN3O10P2. The Morgan fingerprint density at radius 3 is 0.513 bits per heavy atom. The van der Waals surface area contributed by atoms with Crippen LogP contribution < -0.4 is 68.0 Å². The second-order valence-electron chi connectivity index (χ2n) is 17.6. The van der Waals surface area contributed by atoms with E-state index in [1.807, 2.05) is 0 Å². The summed E-state index contributed by atoms with van der Waals surface area (Å²) in [7, 11) is -3.81. The van der Waals surface area contributed by atoms with E-state index in [1.54, 1.807) is 0 Å². The first-order valence-electron chi connectivity index (χ1n) is 24.7. The molecule has 16 heteroatoms. The number of benzene rings is 8. The summed E-state index contributed by atoms with van der Waals surface area (Å²) in [5.41, 5.74) is 0. The molecule has 0 aromatic heterocycles. The Labute approximate surface area is 467 Å². The minimum Gasteiger partial charge on any atom is -0.549 e. The minimum absolute atomic E-state index is 0. The predicted octanol–water partition coefficient (Wildman–Crippen LogP) is -0.749. The molecule has 0 spiro atoms. The van der Waals surface area contributed by atoms with Gasteiger partial charge >= 0.3 is 17.1 Å². The molecular weight excluding hydrogens is 1060 g/mol. The molecule has 13 nitrogen and oxygen atoms in total. The van der Waals surface area contributed by atoms with E-state index in [-0.39, 0.29) is 43.2 Å². The van der Waals surface area contributed by atoms with Crippen molar-refractivity contribution in [3.8, 4) is 0 Å². The Morgan fingerprint density at radius 1 is 0.244 bits per heavy atom. The van der Waals surface area contributed by atoms with Crippen molar-refractivity contribution in [1.29, 1.82) is 0 Å². The maximum atomic E-state index is 10.8. The number of carboxylic acid groups (broad SMARTS) is 5. The average Bonchev–Trinajstić information content (AvgIpc) is 3.62. The van der Waals surface area contributed by atoms with Crippen molar-refractivity contribution in [3.05, 3.63) is 243 Å². The van der Waals surface area contributed by atoms with Crippen LogP contribution in [0.2, 0.25) is 0 Å². The van der Waals surface area contributed by atoms with Gasteiger partial charge in [-0.2, -0.15) is 0 Å². The molecule has 0 heterocycles. The van der Waals surface area contributed by atoms with E-state index in [1.165, 1.54) is 47.3 Å². The van der Waals surface area contributed by atoms with E-state index in [4.69, 9.17) is 0 Å². The van der Waals surface area contributed by atoms with Crippen LogP contribution in [0.25, 0.3) is 0 Å². The molecule has 399 valence electrons. The number of nitrogens with zero attached hydrogens (tertiary/aromatic N) is 3. The smallest absolute Gasteiger partial charge is 0.549 e. The Kier molecular flexibility index (Phi) is 24.8. The first-order valence-corrected chi connectivity index (χ1v) is 28.3. The maximum Gasteiger partial charge on any atom is 3.00 e. The van der Waals surface area contributed by atoms with E-state index in [2.05, 4.69) is 243 Å². The largest absolute Gasteiger partial charge is 3.00 e. The molecule has 0 fully saturated rings. The van der Waals surface area contributed by atoms with E-state index in [9.17, 15) is 49.5 Å². The molecule has 0 aliphatic rings. The van der Waals surface area contributed by atoms with Crippen LogP contribution in [0, 0.1) is 0 Å². The van der Waals surface area contributed by atoms with Crippen LogP contribution >= 0.6 is 14.5 Å². The third-order valence-electron chi connectivity index (χ3n) is 12.4. The fourth-order valence-corrected chi connectivity index (χ4v) is 17.7. The SMILES string of the molecule is O=C([O-])CN(CCN(CC(=O)[O-])CC(=O)[O-])CCN(CC(=O)[O-])CC(=O)[O-].[Fe+3].c1ccc([P+](c2ccccc2)(c2ccccc2)c2ccccc2)cc1.c1ccc([P+](c2ccccc2)(c2ccccc2)c2ccccc2)cc1. The van der Waals surface area contributed by atoms with Crippen molar-refractivity contribution in [1.82, 2.24) is 14.7 Å². The second-order valence-corrected chi connectivity index (χ2v) is 24.4. The van der Waals surface area contributed by atoms with Gasteiger partial charge in [0.1, 0.15) is 57.0 Å². The normalized spacial score (nSPS) is 11.0. The van der Waals surface area contributed by atoms with Gasteiger partial charge in [0.05, 0.1) is 29.8 Å². The summed E-state index contributed by atoms with van der Waals surface area (Å²) in [5.74, 6) is -7.67. The van der Waals surface area contributed by atoms with Crippen molar-refractivity contribution < 1.29 is 66.6 Å². The Morgan fingerprint density at radius 2 is 0.372 bits per heavy atom. The summed E-state index contributed by atoms with van der Waals surface area (Å²) in [6.45, 7) is -4.16. The summed E-state index contributed by atoms with van der Waals surface area (Å²) in [4.78, 5) is 56.4. The second kappa shape index (κ2) is 31.6. The number of hydrogen-bond donors (Lipinski definition) is 0. The summed E-state index contributed by atoms with van der Waals surface area (Å²) >= 11 is 0. The quantitative estimate of drug-likeness (QED) is 0.0540. The molecule has 8 aromatic rings. The van der Waals surface area contributed by atoms with Gasteiger partial charge in [-0.15, -0.1) is 0 Å². The molecule has 0 N–H and O–H groups in total. The molecule has 0 aliphatic carbocycles. The van der Waals surface area contributed by atoms with Gasteiger partial charge in [0.2, 0.25) is 0 Å². The van der Waals surface area contributed by atoms with E-state index in [0.29, 0.717) is 0 Å². The first kappa shape index (κ1) is 61.2. The van der Waals surface area contributed by atoms with E-state index in [0.717, 1.165) is 9.80 Å². The number of rotatable bonds is 24. The monoisotopic (exact) mass is 1120 g/mol. The van der Waals surface area contributed by atoms with Gasteiger partial charge in [-0.3, -0.25) is 14.7 Å². The van der Waals surface area contributed by atoms with Crippen molar-refractivity contribution in [2.75, 3.05) is 58.9 Å². The topological polar surface area (TPSA) is 210 Å². The maximum absolute atomic E-state index is 10.8. The molecule has 8 rings (SSSR count). The molecule has 0 aliphatic heterocycles. The van der Waals surface area contributed by atoms with E-state index < -0.39 is 77.1 Å². The van der Waals surface area contributed by atoms with Gasteiger partial charge in [-0.25, -0.2) is 0 Å². The van der Waals surface area contributed by atoms with E-state index >= 15 is 0 Å². The Balaban J connectivity index is 0.000000214. The molecule has 0 bridgehead atoms. The predicted molar refractivity (Wildman–Crippen MR) is 297 cm³/mol. The fourth-order valence-electron chi connectivity index (χ4n) is 9.18. The zero-order valence-corrected chi connectivity index (χ0v) is 45.5. The van der Waals surface area contributed by atoms with Crippen LogP contribution in [-0.2, 0) is 41.0 Å². The number of carbonyl (C=O) groups is 5. The molecule has 0 atom stereocenters. The van der Waals surface area contributed by atoms with Crippen molar-refractivity contribution >= 4 is 86.8 Å². The minimum atomic E-state index is -1.91. The molecule has 0 saturated heterocycles. The molecule has 78 heavy (non-hydrogen) atoms. The molecule has 1 radical (unpaired) electrons. The van der Waals surface area contributed by atoms with Gasteiger partial charge in [0, 0.05) is 58.9 Å². The average molecular weight is 1120 g/mol. The van der Waals surface area contributed by atoms with Crippen LogP contribution in [-0.4, -0.2) is 103 Å². The van der Waals surface area contributed by atoms with Crippen LogP contribution in [0.1, 0.15) is 0 Å². The number of carboxylic acids is 5. The van der Waals surface area contributed by atoms with Gasteiger partial charge in [0.15, 0.2) is 0 Å². The van der Waals surface area contributed by atoms with Gasteiger partial charge < -0.3 is 49.5 Å². The van der Waals surface area contributed by atoms with Gasteiger partial charge in [0.25, 0.3) is 0 Å². The molecule has 0 saturated carbocycles. The zero-order valence-electron chi connectivity index (χ0n) is 42.6. The van der Waals surface area contributed by atoms with Gasteiger partial charge in [-0.1, -0.05) is 146 Å². The van der Waals surface area contributed by atoms with Crippen LogP contribution in [0.3, 0.4) is 0 Å². The third kappa shape index (κ3) is 17.2. The summed E-state index contributed by atoms with van der Waals surface area (Å²) in [5, 5.41) is 64.4. The number of aliphatic carboxylic acids is 5. The standard InChI is InChI=1S/2C24H20P.C14H23N3O10.Fe/c2*1-5-13-21(14-6-1)25(22-15-7-2-8-16-22,23-17-9-3-10-18-23)24-19-11-4-12-20-24;18-10(19)5-15(1-3-16(6-11(20)21)7-12(22)23)2-4-17(8-13(24)25)9-14(26)27;/h2*1-20H;1-9H2,(H,18,19)(H,20,21)(H,22,23)(H,24,25)(H,26,27);/q2*+1;;+3/p-5. The number of hydrogen-bond acceptors (Lipinski definition) is 13. The van der Waals surface area contributed by atoms with Crippen molar-refractivity contribution in [2.24, 2.45) is 0 Å². The Hall–Kier alpha value is -7.63.